The zero-order valence-electron chi connectivity index (χ0n) is 10.9. The number of aliphatic hydroxyl groups excluding tert-OH is 1. The molecule has 0 aliphatic carbocycles. The van der Waals surface area contributed by atoms with E-state index in [1.54, 1.807) is 6.92 Å². The molecule has 3 heteroatoms. The molecule has 0 aromatic heterocycles. The molecule has 0 fully saturated rings. The summed E-state index contributed by atoms with van der Waals surface area (Å²) in [6.07, 6.45) is -0.770. The molecule has 0 heterocycles. The summed E-state index contributed by atoms with van der Waals surface area (Å²) in [5.74, 6) is -0.362. The molecule has 1 aromatic rings. The summed E-state index contributed by atoms with van der Waals surface area (Å²) in [6.45, 7) is 8.01. The fourth-order valence-electron chi connectivity index (χ4n) is 2.20. The molecule has 0 amide bonds. The number of aliphatic hydroxyl groups is 1. The standard InChI is InChI=1S/C14H20O3/c1-5-17-13(16)8-12(15)14-10(3)6-9(2)7-11(14)4/h6-7,12,15H,5,8H2,1-4H3/t12-/m0/s1. The van der Waals surface area contributed by atoms with E-state index in [0.717, 1.165) is 22.3 Å². The number of rotatable bonds is 4. The number of hydrogen-bond acceptors (Lipinski definition) is 3. The maximum atomic E-state index is 11.3. The molecule has 94 valence electrons. The molecule has 1 atom stereocenters. The summed E-state index contributed by atoms with van der Waals surface area (Å²) in [5, 5.41) is 10.1. The van der Waals surface area contributed by atoms with Crippen LogP contribution < -0.4 is 0 Å². The lowest BCUT2D eigenvalue weighted by Crippen LogP contribution is -2.12. The highest BCUT2D eigenvalue weighted by Gasteiger charge is 2.17. The van der Waals surface area contributed by atoms with Crippen LogP contribution in [0.15, 0.2) is 12.1 Å². The summed E-state index contributed by atoms with van der Waals surface area (Å²) in [6, 6.07) is 4.02. The van der Waals surface area contributed by atoms with Crippen LogP contribution in [0.1, 0.15) is 41.7 Å². The SMILES string of the molecule is CCOC(=O)C[C@H](O)c1c(C)cc(C)cc1C. The lowest BCUT2D eigenvalue weighted by molar-refractivity contribution is -0.145. The van der Waals surface area contributed by atoms with Crippen molar-refractivity contribution < 1.29 is 14.6 Å². The minimum absolute atomic E-state index is 0.0125. The van der Waals surface area contributed by atoms with E-state index in [2.05, 4.69) is 0 Å². The van der Waals surface area contributed by atoms with Crippen molar-refractivity contribution in [2.24, 2.45) is 0 Å². The number of esters is 1. The van der Waals surface area contributed by atoms with Crippen molar-refractivity contribution in [1.29, 1.82) is 0 Å². The van der Waals surface area contributed by atoms with Crippen molar-refractivity contribution in [3.05, 3.63) is 34.4 Å². The maximum Gasteiger partial charge on any atom is 0.308 e. The van der Waals surface area contributed by atoms with Gasteiger partial charge in [-0.25, -0.2) is 0 Å². The van der Waals surface area contributed by atoms with Crippen LogP contribution in [0.2, 0.25) is 0 Å². The molecule has 1 N–H and O–H groups in total. The first kappa shape index (κ1) is 13.7. The number of hydrogen-bond donors (Lipinski definition) is 1. The van der Waals surface area contributed by atoms with E-state index >= 15 is 0 Å². The van der Waals surface area contributed by atoms with Gasteiger partial charge in [0.15, 0.2) is 0 Å². The van der Waals surface area contributed by atoms with Crippen LogP contribution in [0, 0.1) is 20.8 Å². The second-order valence-corrected chi connectivity index (χ2v) is 4.34. The van der Waals surface area contributed by atoms with Gasteiger partial charge in [0.05, 0.1) is 19.1 Å². The third kappa shape index (κ3) is 3.56. The predicted octanol–water partition coefficient (Wildman–Crippen LogP) is 2.60. The van der Waals surface area contributed by atoms with E-state index in [0.29, 0.717) is 6.61 Å². The molecule has 1 aromatic carbocycles. The largest absolute Gasteiger partial charge is 0.466 e. The van der Waals surface area contributed by atoms with Gasteiger partial charge in [0.1, 0.15) is 0 Å². The fraction of sp³-hybridized carbons (Fsp3) is 0.500. The van der Waals surface area contributed by atoms with Gasteiger partial charge in [-0.15, -0.1) is 0 Å². The van der Waals surface area contributed by atoms with Crippen molar-refractivity contribution in [2.75, 3.05) is 6.61 Å². The van der Waals surface area contributed by atoms with Crippen LogP contribution in [-0.4, -0.2) is 17.7 Å². The molecule has 0 unspecified atom stereocenters. The van der Waals surface area contributed by atoms with Crippen LogP contribution in [0.5, 0.6) is 0 Å². The number of carbonyl (C=O) groups is 1. The minimum atomic E-state index is -0.783. The predicted molar refractivity (Wildman–Crippen MR) is 66.9 cm³/mol. The molecule has 0 bridgehead atoms. The molecule has 1 rings (SSSR count). The van der Waals surface area contributed by atoms with E-state index in [1.165, 1.54) is 0 Å². The molecule has 0 saturated heterocycles. The van der Waals surface area contributed by atoms with Gasteiger partial charge in [-0.1, -0.05) is 17.7 Å². The first-order valence-corrected chi connectivity index (χ1v) is 5.87. The summed E-state index contributed by atoms with van der Waals surface area (Å²) in [7, 11) is 0. The first-order valence-electron chi connectivity index (χ1n) is 5.87. The Morgan fingerprint density at radius 2 is 1.82 bits per heavy atom. The van der Waals surface area contributed by atoms with Gasteiger partial charge >= 0.3 is 5.97 Å². The minimum Gasteiger partial charge on any atom is -0.466 e. The molecule has 3 nitrogen and oxygen atoms in total. The lowest BCUT2D eigenvalue weighted by atomic mass is 9.94. The summed E-state index contributed by atoms with van der Waals surface area (Å²) in [5.41, 5.74) is 4.02. The van der Waals surface area contributed by atoms with Gasteiger partial charge in [0.2, 0.25) is 0 Å². The van der Waals surface area contributed by atoms with Gasteiger partial charge in [-0.2, -0.15) is 0 Å². The lowest BCUT2D eigenvalue weighted by Gasteiger charge is -2.16. The van der Waals surface area contributed by atoms with Crippen LogP contribution in [0.25, 0.3) is 0 Å². The Labute approximate surface area is 102 Å². The Morgan fingerprint density at radius 1 is 1.29 bits per heavy atom. The summed E-state index contributed by atoms with van der Waals surface area (Å²) < 4.78 is 4.84. The van der Waals surface area contributed by atoms with Crippen molar-refractivity contribution in [1.82, 2.24) is 0 Å². The zero-order chi connectivity index (χ0) is 13.0. The molecular weight excluding hydrogens is 216 g/mol. The Hall–Kier alpha value is -1.35. The van der Waals surface area contributed by atoms with Crippen LogP contribution in [0.3, 0.4) is 0 Å². The van der Waals surface area contributed by atoms with Gasteiger partial charge in [-0.3, -0.25) is 4.79 Å². The second kappa shape index (κ2) is 5.82. The summed E-state index contributed by atoms with van der Waals surface area (Å²) >= 11 is 0. The smallest absolute Gasteiger partial charge is 0.308 e. The van der Waals surface area contributed by atoms with Gasteiger partial charge in [0.25, 0.3) is 0 Å². The van der Waals surface area contributed by atoms with Gasteiger partial charge in [-0.05, 0) is 44.4 Å². The normalized spacial score (nSPS) is 12.3. The Bertz CT molecular complexity index is 387. The van der Waals surface area contributed by atoms with E-state index in [-0.39, 0.29) is 12.4 Å². The van der Waals surface area contributed by atoms with E-state index in [4.69, 9.17) is 4.74 Å². The molecule has 17 heavy (non-hydrogen) atoms. The third-order valence-electron chi connectivity index (χ3n) is 2.74. The zero-order valence-corrected chi connectivity index (χ0v) is 10.9. The number of carbonyl (C=O) groups excluding carboxylic acids is 1. The average Bonchev–Trinajstić information content (AvgIpc) is 2.15. The second-order valence-electron chi connectivity index (χ2n) is 4.34. The molecule has 0 aliphatic rings. The van der Waals surface area contributed by atoms with Crippen molar-refractivity contribution in [3.8, 4) is 0 Å². The van der Waals surface area contributed by atoms with Gasteiger partial charge < -0.3 is 9.84 Å². The quantitative estimate of drug-likeness (QED) is 0.817. The van der Waals surface area contributed by atoms with Crippen molar-refractivity contribution in [3.63, 3.8) is 0 Å². The van der Waals surface area contributed by atoms with Crippen molar-refractivity contribution in [2.45, 2.75) is 40.2 Å². The summed E-state index contributed by atoms with van der Waals surface area (Å²) in [4.78, 5) is 11.3. The monoisotopic (exact) mass is 236 g/mol. The highest BCUT2D eigenvalue weighted by molar-refractivity contribution is 5.70. The Balaban J connectivity index is 2.89. The first-order chi connectivity index (χ1) is 7.95. The molecule has 0 saturated carbocycles. The molecule has 0 spiro atoms. The van der Waals surface area contributed by atoms with Crippen LogP contribution >= 0.6 is 0 Å². The highest BCUT2D eigenvalue weighted by Crippen LogP contribution is 2.25. The Kier molecular flexibility index (Phi) is 4.70. The molecular formula is C14H20O3. The molecule has 0 radical (unpaired) electrons. The Morgan fingerprint density at radius 3 is 2.29 bits per heavy atom. The molecule has 0 aliphatic heterocycles. The topological polar surface area (TPSA) is 46.5 Å². The van der Waals surface area contributed by atoms with Crippen LogP contribution in [-0.2, 0) is 9.53 Å². The third-order valence-corrected chi connectivity index (χ3v) is 2.74. The van der Waals surface area contributed by atoms with Crippen LogP contribution in [0.4, 0.5) is 0 Å². The average molecular weight is 236 g/mol. The fourth-order valence-corrected chi connectivity index (χ4v) is 2.20. The number of ether oxygens (including phenoxy) is 1. The number of aryl methyl sites for hydroxylation is 3. The highest BCUT2D eigenvalue weighted by atomic mass is 16.5. The van der Waals surface area contributed by atoms with E-state index < -0.39 is 6.10 Å². The maximum absolute atomic E-state index is 11.3. The van der Waals surface area contributed by atoms with Gasteiger partial charge in [0, 0.05) is 0 Å². The van der Waals surface area contributed by atoms with E-state index in [1.807, 2.05) is 32.9 Å². The van der Waals surface area contributed by atoms with Crippen molar-refractivity contribution >= 4 is 5.97 Å². The number of benzene rings is 1. The van der Waals surface area contributed by atoms with E-state index in [9.17, 15) is 9.90 Å².